The lowest BCUT2D eigenvalue weighted by atomic mass is 9.72. The first-order valence-corrected chi connectivity index (χ1v) is 12.1. The number of fused-ring (bicyclic) bond motifs is 6. The lowest BCUT2D eigenvalue weighted by molar-refractivity contribution is -0.142. The first-order valence-electron chi connectivity index (χ1n) is 12.1. The van der Waals surface area contributed by atoms with Crippen LogP contribution in [0.1, 0.15) is 30.6 Å². The minimum absolute atomic E-state index is 0.0712. The van der Waals surface area contributed by atoms with Crippen molar-refractivity contribution in [2.24, 2.45) is 11.8 Å². The normalized spacial score (nSPS) is 26.2. The number of rotatable bonds is 6. The molecule has 0 amide bonds. The maximum absolute atomic E-state index is 13.0. The highest BCUT2D eigenvalue weighted by Gasteiger charge is 2.47. The Morgan fingerprint density at radius 3 is 2.74 bits per heavy atom. The first-order chi connectivity index (χ1) is 16.4. The van der Waals surface area contributed by atoms with Gasteiger partial charge in [-0.2, -0.15) is 0 Å². The molecule has 0 saturated carbocycles. The lowest BCUT2D eigenvalue weighted by Gasteiger charge is -2.49. The predicted molar refractivity (Wildman–Crippen MR) is 129 cm³/mol. The third kappa shape index (κ3) is 3.92. The fraction of sp³-hybridized carbons (Fsp3) is 0.577. The van der Waals surface area contributed by atoms with Gasteiger partial charge < -0.3 is 28.8 Å². The Hall–Kier alpha value is -2.71. The number of methoxy groups -OCH3 is 2. The van der Waals surface area contributed by atoms with Crippen LogP contribution >= 0.6 is 0 Å². The fourth-order valence-electron chi connectivity index (χ4n) is 5.85. The number of hydrogen-bond acceptors (Lipinski definition) is 7. The summed E-state index contributed by atoms with van der Waals surface area (Å²) in [5.41, 5.74) is 4.32. The number of benzene rings is 1. The molecule has 1 N–H and O–H groups in total. The Morgan fingerprint density at radius 2 is 2.00 bits per heavy atom. The minimum Gasteiger partial charge on any atom is -0.497 e. The Morgan fingerprint density at radius 1 is 1.24 bits per heavy atom. The maximum Gasteiger partial charge on any atom is 0.337 e. The Labute approximate surface area is 200 Å². The zero-order valence-corrected chi connectivity index (χ0v) is 20.7. The molecular formula is C26H35N3O5. The van der Waals surface area contributed by atoms with E-state index in [1.807, 2.05) is 25.1 Å². The second-order valence-corrected chi connectivity index (χ2v) is 9.89. The van der Waals surface area contributed by atoms with Crippen LogP contribution in [0.3, 0.4) is 0 Å². The van der Waals surface area contributed by atoms with E-state index < -0.39 is 0 Å². The van der Waals surface area contributed by atoms with Gasteiger partial charge in [-0.3, -0.25) is 4.90 Å². The smallest absolute Gasteiger partial charge is 0.337 e. The average molecular weight is 470 g/mol. The molecule has 5 rings (SSSR count). The zero-order valence-electron chi connectivity index (χ0n) is 20.7. The number of ether oxygens (including phenoxy) is 4. The number of nitrogens with one attached hydrogen (secondary N) is 1. The SMILES string of the molecule is COc1cc2[nH]c3c(c2cc1OC)CCN1C[C@@H]2[C@@H](C)OC=C(C(=O)OCCN(C)C)[C@@H]2C[C@H]31. The monoisotopic (exact) mass is 469 g/mol. The Bertz CT molecular complexity index is 1110. The quantitative estimate of drug-likeness (QED) is 0.652. The average Bonchev–Trinajstić information content (AvgIpc) is 3.20. The molecule has 1 aromatic heterocycles. The summed E-state index contributed by atoms with van der Waals surface area (Å²) in [6.45, 7) is 5.08. The summed E-state index contributed by atoms with van der Waals surface area (Å²) >= 11 is 0. The number of H-pyrrole nitrogens is 1. The number of carbonyl (C=O) groups excluding carboxylic acids is 1. The van der Waals surface area contributed by atoms with Crippen molar-refractivity contribution in [1.29, 1.82) is 0 Å². The molecule has 0 radical (unpaired) electrons. The van der Waals surface area contributed by atoms with Crippen molar-refractivity contribution >= 4 is 16.9 Å². The number of aromatic amines is 1. The summed E-state index contributed by atoms with van der Waals surface area (Å²) in [6, 6.07) is 4.32. The Kier molecular flexibility index (Phi) is 6.20. The van der Waals surface area contributed by atoms with Crippen LogP contribution in [0.5, 0.6) is 11.5 Å². The largest absolute Gasteiger partial charge is 0.497 e. The highest BCUT2D eigenvalue weighted by atomic mass is 16.5. The highest BCUT2D eigenvalue weighted by Crippen LogP contribution is 2.48. The Balaban J connectivity index is 1.45. The van der Waals surface area contributed by atoms with Crippen molar-refractivity contribution in [3.63, 3.8) is 0 Å². The van der Waals surface area contributed by atoms with Crippen molar-refractivity contribution in [3.8, 4) is 11.5 Å². The first kappa shape index (κ1) is 23.1. The molecule has 1 fully saturated rings. The number of aromatic nitrogens is 1. The fourth-order valence-corrected chi connectivity index (χ4v) is 5.85. The van der Waals surface area contributed by atoms with E-state index in [2.05, 4.69) is 22.9 Å². The second-order valence-electron chi connectivity index (χ2n) is 9.89. The van der Waals surface area contributed by atoms with Gasteiger partial charge in [-0.05, 0) is 45.5 Å². The number of piperidine rings is 1. The molecule has 8 nitrogen and oxygen atoms in total. The van der Waals surface area contributed by atoms with Crippen molar-refractivity contribution in [2.75, 3.05) is 54.6 Å². The van der Waals surface area contributed by atoms with Gasteiger partial charge in [0.25, 0.3) is 0 Å². The van der Waals surface area contributed by atoms with Crippen LogP contribution in [0.2, 0.25) is 0 Å². The van der Waals surface area contributed by atoms with E-state index in [-0.39, 0.29) is 30.0 Å². The van der Waals surface area contributed by atoms with Gasteiger partial charge in [0.15, 0.2) is 11.5 Å². The molecule has 0 unspecified atom stereocenters. The van der Waals surface area contributed by atoms with Gasteiger partial charge in [-0.25, -0.2) is 4.79 Å². The molecule has 3 aliphatic rings. The summed E-state index contributed by atoms with van der Waals surface area (Å²) < 4.78 is 22.6. The molecule has 184 valence electrons. The topological polar surface area (TPSA) is 76.3 Å². The number of nitrogens with zero attached hydrogens (tertiary/aromatic N) is 2. The third-order valence-electron chi connectivity index (χ3n) is 7.73. The summed E-state index contributed by atoms with van der Waals surface area (Å²) in [6.07, 6.45) is 3.57. The number of hydrogen-bond donors (Lipinski definition) is 1. The predicted octanol–water partition coefficient (Wildman–Crippen LogP) is 3.13. The standard InChI is InChI=1S/C26H35N3O5/c1-15-19-13-29-7-6-16-18-11-23(31-4)24(32-5)12-21(18)27-25(16)22(29)10-17(19)20(14-34-15)26(30)33-9-8-28(2)3/h11-12,14-15,17,19,22,27H,6-10,13H2,1-5H3/t15-,17-,19-,22-/m1/s1. The van der Waals surface area contributed by atoms with Crippen molar-refractivity contribution in [3.05, 3.63) is 35.2 Å². The summed E-state index contributed by atoms with van der Waals surface area (Å²) in [4.78, 5) is 21.2. The highest BCUT2D eigenvalue weighted by molar-refractivity contribution is 5.90. The summed E-state index contributed by atoms with van der Waals surface area (Å²) in [5.74, 6) is 1.59. The van der Waals surface area contributed by atoms with Crippen LogP contribution < -0.4 is 9.47 Å². The van der Waals surface area contributed by atoms with Gasteiger partial charge in [0.1, 0.15) is 6.61 Å². The van der Waals surface area contributed by atoms with Gasteiger partial charge in [0.05, 0.1) is 38.2 Å². The van der Waals surface area contributed by atoms with Crippen molar-refractivity contribution in [1.82, 2.24) is 14.8 Å². The molecular weight excluding hydrogens is 434 g/mol. The minimum atomic E-state index is -0.251. The summed E-state index contributed by atoms with van der Waals surface area (Å²) in [7, 11) is 7.27. The molecule has 0 bridgehead atoms. The van der Waals surface area contributed by atoms with E-state index in [1.165, 1.54) is 16.6 Å². The van der Waals surface area contributed by atoms with Gasteiger partial charge in [-0.1, -0.05) is 0 Å². The molecule has 3 aliphatic heterocycles. The molecule has 34 heavy (non-hydrogen) atoms. The van der Waals surface area contributed by atoms with Gasteiger partial charge in [-0.15, -0.1) is 0 Å². The molecule has 1 aromatic carbocycles. The van der Waals surface area contributed by atoms with E-state index in [4.69, 9.17) is 18.9 Å². The van der Waals surface area contributed by atoms with E-state index in [0.717, 1.165) is 42.9 Å². The molecule has 0 aliphatic carbocycles. The van der Waals surface area contributed by atoms with Crippen LogP contribution in [0.15, 0.2) is 24.0 Å². The van der Waals surface area contributed by atoms with E-state index in [9.17, 15) is 4.79 Å². The van der Waals surface area contributed by atoms with Crippen LogP contribution in [-0.4, -0.2) is 81.4 Å². The third-order valence-corrected chi connectivity index (χ3v) is 7.73. The number of esters is 1. The van der Waals surface area contributed by atoms with Crippen molar-refractivity contribution < 1.29 is 23.7 Å². The van der Waals surface area contributed by atoms with Crippen LogP contribution in [0.25, 0.3) is 10.9 Å². The van der Waals surface area contributed by atoms with E-state index >= 15 is 0 Å². The van der Waals surface area contributed by atoms with E-state index in [1.54, 1.807) is 20.5 Å². The molecule has 1 saturated heterocycles. The molecule has 8 heteroatoms. The number of likely N-dealkylation sites (N-methyl/N-ethyl adjacent to an activating group) is 1. The van der Waals surface area contributed by atoms with Crippen molar-refractivity contribution in [2.45, 2.75) is 31.9 Å². The summed E-state index contributed by atoms with van der Waals surface area (Å²) in [5, 5.41) is 1.19. The van der Waals surface area contributed by atoms with E-state index in [0.29, 0.717) is 18.7 Å². The maximum atomic E-state index is 13.0. The van der Waals surface area contributed by atoms with Crippen LogP contribution in [0.4, 0.5) is 0 Å². The van der Waals surface area contributed by atoms with Gasteiger partial charge >= 0.3 is 5.97 Å². The molecule has 4 atom stereocenters. The van der Waals surface area contributed by atoms with Crippen LogP contribution in [0, 0.1) is 11.8 Å². The van der Waals surface area contributed by atoms with Gasteiger partial charge in [0.2, 0.25) is 0 Å². The zero-order chi connectivity index (χ0) is 24.0. The lowest BCUT2D eigenvalue weighted by Crippen LogP contribution is -2.51. The molecule has 0 spiro atoms. The molecule has 4 heterocycles. The molecule has 2 aromatic rings. The second kappa shape index (κ2) is 9.15. The number of carbonyl (C=O) groups is 1. The van der Waals surface area contributed by atoms with Gasteiger partial charge in [0, 0.05) is 54.1 Å². The van der Waals surface area contributed by atoms with Crippen LogP contribution in [-0.2, 0) is 20.7 Å².